The second-order valence-electron chi connectivity index (χ2n) is 3.98. The highest BCUT2D eigenvalue weighted by Crippen LogP contribution is 2.18. The molecule has 0 spiro atoms. The zero-order valence-electron chi connectivity index (χ0n) is 9.90. The molecule has 2 N–H and O–H groups in total. The van der Waals surface area contributed by atoms with E-state index < -0.39 is 5.97 Å². The van der Waals surface area contributed by atoms with E-state index in [1.807, 2.05) is 0 Å². The van der Waals surface area contributed by atoms with E-state index in [0.717, 1.165) is 5.56 Å². The summed E-state index contributed by atoms with van der Waals surface area (Å²) in [5.41, 5.74) is 7.22. The van der Waals surface area contributed by atoms with Crippen molar-refractivity contribution >= 4 is 34.9 Å². The standard InChI is InChI=1S/C14H11Cl2NO2/c15-11-3-1-9(2-4-11)8-19-14(18)10-5-12(16)7-13(17)6-10/h1-7H,8,17H2. The Bertz CT molecular complexity index is 577. The van der Waals surface area contributed by atoms with Gasteiger partial charge in [-0.1, -0.05) is 35.3 Å². The van der Waals surface area contributed by atoms with Crippen molar-refractivity contribution in [1.82, 2.24) is 0 Å². The molecule has 0 saturated carbocycles. The molecule has 0 atom stereocenters. The van der Waals surface area contributed by atoms with Crippen LogP contribution in [0.4, 0.5) is 5.69 Å². The first kappa shape index (κ1) is 13.7. The number of hydrogen-bond acceptors (Lipinski definition) is 3. The molecule has 0 aliphatic rings. The molecule has 0 saturated heterocycles. The summed E-state index contributed by atoms with van der Waals surface area (Å²) in [5, 5.41) is 1.04. The fourth-order valence-electron chi connectivity index (χ4n) is 1.54. The van der Waals surface area contributed by atoms with Crippen LogP contribution in [0.2, 0.25) is 10.0 Å². The van der Waals surface area contributed by atoms with Gasteiger partial charge in [-0.2, -0.15) is 0 Å². The zero-order chi connectivity index (χ0) is 13.8. The third kappa shape index (κ3) is 3.88. The molecule has 5 heteroatoms. The van der Waals surface area contributed by atoms with Gasteiger partial charge in [0.05, 0.1) is 5.56 Å². The van der Waals surface area contributed by atoms with Crippen LogP contribution in [-0.4, -0.2) is 5.97 Å². The summed E-state index contributed by atoms with van der Waals surface area (Å²) in [5.74, 6) is -0.468. The first-order valence-corrected chi connectivity index (χ1v) is 6.28. The summed E-state index contributed by atoms with van der Waals surface area (Å²) in [6.07, 6.45) is 0. The van der Waals surface area contributed by atoms with Gasteiger partial charge in [-0.15, -0.1) is 0 Å². The van der Waals surface area contributed by atoms with Gasteiger partial charge in [0.2, 0.25) is 0 Å². The third-order valence-corrected chi connectivity index (χ3v) is 2.91. The topological polar surface area (TPSA) is 52.3 Å². The predicted octanol–water partition coefficient (Wildman–Crippen LogP) is 3.93. The van der Waals surface area contributed by atoms with Crippen LogP contribution < -0.4 is 5.73 Å². The Morgan fingerprint density at radius 2 is 1.74 bits per heavy atom. The monoisotopic (exact) mass is 295 g/mol. The lowest BCUT2D eigenvalue weighted by atomic mass is 10.2. The van der Waals surface area contributed by atoms with Gasteiger partial charge in [0.15, 0.2) is 0 Å². The lowest BCUT2D eigenvalue weighted by Gasteiger charge is -2.06. The van der Waals surface area contributed by atoms with E-state index in [0.29, 0.717) is 21.3 Å². The van der Waals surface area contributed by atoms with Crippen LogP contribution in [0.3, 0.4) is 0 Å². The second-order valence-corrected chi connectivity index (χ2v) is 4.85. The molecular weight excluding hydrogens is 285 g/mol. The molecule has 0 bridgehead atoms. The molecule has 0 heterocycles. The summed E-state index contributed by atoms with van der Waals surface area (Å²) in [6.45, 7) is 0.169. The first-order chi connectivity index (χ1) is 9.04. The highest BCUT2D eigenvalue weighted by Gasteiger charge is 2.09. The van der Waals surface area contributed by atoms with Crippen LogP contribution in [0.5, 0.6) is 0 Å². The predicted molar refractivity (Wildman–Crippen MR) is 76.4 cm³/mol. The number of nitrogens with two attached hydrogens (primary N) is 1. The number of nitrogen functional groups attached to an aromatic ring is 1. The fourth-order valence-corrected chi connectivity index (χ4v) is 1.91. The summed E-state index contributed by atoms with van der Waals surface area (Å²) < 4.78 is 5.17. The minimum Gasteiger partial charge on any atom is -0.457 e. The number of halogens is 2. The molecule has 19 heavy (non-hydrogen) atoms. The smallest absolute Gasteiger partial charge is 0.338 e. The van der Waals surface area contributed by atoms with E-state index >= 15 is 0 Å². The van der Waals surface area contributed by atoms with Crippen molar-refractivity contribution in [1.29, 1.82) is 0 Å². The van der Waals surface area contributed by atoms with Gasteiger partial charge in [0, 0.05) is 15.7 Å². The second kappa shape index (κ2) is 5.95. The molecule has 0 unspecified atom stereocenters. The van der Waals surface area contributed by atoms with Crippen LogP contribution in [0, 0.1) is 0 Å². The Morgan fingerprint density at radius 1 is 1.05 bits per heavy atom. The van der Waals surface area contributed by atoms with E-state index in [-0.39, 0.29) is 6.61 Å². The Labute approximate surface area is 120 Å². The van der Waals surface area contributed by atoms with Crippen LogP contribution in [0.1, 0.15) is 15.9 Å². The molecular formula is C14H11Cl2NO2. The van der Waals surface area contributed by atoms with Crippen molar-refractivity contribution in [3.63, 3.8) is 0 Å². The Hall–Kier alpha value is -1.71. The zero-order valence-corrected chi connectivity index (χ0v) is 11.4. The quantitative estimate of drug-likeness (QED) is 0.689. The van der Waals surface area contributed by atoms with Gasteiger partial charge in [0.1, 0.15) is 6.61 Å². The molecule has 2 rings (SSSR count). The van der Waals surface area contributed by atoms with Crippen LogP contribution >= 0.6 is 23.2 Å². The number of rotatable bonds is 3. The summed E-state index contributed by atoms with van der Waals surface area (Å²) in [4.78, 5) is 11.8. The first-order valence-electron chi connectivity index (χ1n) is 5.52. The highest BCUT2D eigenvalue weighted by atomic mass is 35.5. The van der Waals surface area contributed by atoms with Gasteiger partial charge in [-0.25, -0.2) is 4.79 Å². The largest absolute Gasteiger partial charge is 0.457 e. The number of carbonyl (C=O) groups excluding carboxylic acids is 1. The number of ether oxygens (including phenoxy) is 1. The lowest BCUT2D eigenvalue weighted by Crippen LogP contribution is -2.06. The van der Waals surface area contributed by atoms with E-state index in [1.165, 1.54) is 12.1 Å². The molecule has 0 aliphatic carbocycles. The molecule has 0 aromatic heterocycles. The van der Waals surface area contributed by atoms with E-state index in [9.17, 15) is 4.79 Å². The summed E-state index contributed by atoms with van der Waals surface area (Å²) in [6, 6.07) is 11.7. The SMILES string of the molecule is Nc1cc(Cl)cc(C(=O)OCc2ccc(Cl)cc2)c1. The van der Waals surface area contributed by atoms with Gasteiger partial charge in [-0.3, -0.25) is 0 Å². The molecule has 2 aromatic carbocycles. The maximum atomic E-state index is 11.8. The molecule has 0 radical (unpaired) electrons. The molecule has 0 fully saturated rings. The molecule has 2 aromatic rings. The Kier molecular flexibility index (Phi) is 4.30. The summed E-state index contributed by atoms with van der Waals surface area (Å²) >= 11 is 11.6. The number of anilines is 1. The van der Waals surface area contributed by atoms with Crippen molar-refractivity contribution < 1.29 is 9.53 Å². The minimum absolute atomic E-state index is 0.169. The number of esters is 1. The van der Waals surface area contributed by atoms with Crippen LogP contribution in [0.15, 0.2) is 42.5 Å². The van der Waals surface area contributed by atoms with Crippen molar-refractivity contribution in [3.05, 3.63) is 63.6 Å². The maximum Gasteiger partial charge on any atom is 0.338 e. The van der Waals surface area contributed by atoms with Crippen LogP contribution in [-0.2, 0) is 11.3 Å². The van der Waals surface area contributed by atoms with E-state index in [4.69, 9.17) is 33.7 Å². The molecule has 3 nitrogen and oxygen atoms in total. The van der Waals surface area contributed by atoms with Gasteiger partial charge in [-0.05, 0) is 35.9 Å². The Balaban J connectivity index is 2.03. The lowest BCUT2D eigenvalue weighted by molar-refractivity contribution is 0.0473. The fraction of sp³-hybridized carbons (Fsp3) is 0.0714. The average Bonchev–Trinajstić information content (AvgIpc) is 2.36. The number of carbonyl (C=O) groups is 1. The average molecular weight is 296 g/mol. The normalized spacial score (nSPS) is 10.2. The third-order valence-electron chi connectivity index (χ3n) is 2.44. The van der Waals surface area contributed by atoms with Crippen molar-refractivity contribution in [3.8, 4) is 0 Å². The van der Waals surface area contributed by atoms with Gasteiger partial charge in [0.25, 0.3) is 0 Å². The van der Waals surface area contributed by atoms with Crippen molar-refractivity contribution in [2.75, 3.05) is 5.73 Å². The van der Waals surface area contributed by atoms with Gasteiger partial charge >= 0.3 is 5.97 Å². The van der Waals surface area contributed by atoms with Crippen LogP contribution in [0.25, 0.3) is 0 Å². The van der Waals surface area contributed by atoms with Gasteiger partial charge < -0.3 is 10.5 Å². The maximum absolute atomic E-state index is 11.8. The van der Waals surface area contributed by atoms with E-state index in [1.54, 1.807) is 30.3 Å². The Morgan fingerprint density at radius 3 is 2.37 bits per heavy atom. The highest BCUT2D eigenvalue weighted by molar-refractivity contribution is 6.31. The number of benzene rings is 2. The molecule has 0 amide bonds. The summed E-state index contributed by atoms with van der Waals surface area (Å²) in [7, 11) is 0. The van der Waals surface area contributed by atoms with Crippen molar-refractivity contribution in [2.24, 2.45) is 0 Å². The molecule has 0 aliphatic heterocycles. The minimum atomic E-state index is -0.468. The molecule has 98 valence electrons. The van der Waals surface area contributed by atoms with Crippen molar-refractivity contribution in [2.45, 2.75) is 6.61 Å². The van der Waals surface area contributed by atoms with E-state index in [2.05, 4.69) is 0 Å². The number of hydrogen-bond donors (Lipinski definition) is 1.